The number of carbonyl (C=O) groups excluding carboxylic acids is 1. The lowest BCUT2D eigenvalue weighted by Gasteiger charge is -2.06. The number of alkyl halides is 3. The standard InChI is InChI=1S/C18H15F3N2OS/c1-10-7-14-15(8-11(10)2)25-17(23(14)3)22-16(24)12-5-4-6-13(9-12)18(19,20)21/h4-9H,1-3H3. The van der Waals surface area contributed by atoms with E-state index in [0.29, 0.717) is 4.80 Å². The van der Waals surface area contributed by atoms with Crippen LogP contribution in [0.4, 0.5) is 13.2 Å². The van der Waals surface area contributed by atoms with Crippen molar-refractivity contribution in [3.63, 3.8) is 0 Å². The molecular weight excluding hydrogens is 349 g/mol. The number of hydrogen-bond donors (Lipinski definition) is 0. The molecule has 0 spiro atoms. The van der Waals surface area contributed by atoms with Crippen LogP contribution in [0.5, 0.6) is 0 Å². The molecule has 0 unspecified atom stereocenters. The molecular formula is C18H15F3N2OS. The number of fused-ring (bicyclic) bond motifs is 1. The highest BCUT2D eigenvalue weighted by Crippen LogP contribution is 2.29. The Morgan fingerprint density at radius 3 is 2.48 bits per heavy atom. The first kappa shape index (κ1) is 17.4. The summed E-state index contributed by atoms with van der Waals surface area (Å²) in [5.74, 6) is -0.693. The largest absolute Gasteiger partial charge is 0.416 e. The fraction of sp³-hybridized carbons (Fsp3) is 0.222. The molecule has 0 radical (unpaired) electrons. The van der Waals surface area contributed by atoms with Crippen molar-refractivity contribution in [2.24, 2.45) is 12.0 Å². The molecule has 3 aromatic rings. The molecule has 0 aliphatic rings. The van der Waals surface area contributed by atoms with E-state index in [0.717, 1.165) is 33.5 Å². The third-order valence-electron chi connectivity index (χ3n) is 4.06. The molecule has 25 heavy (non-hydrogen) atoms. The van der Waals surface area contributed by atoms with Gasteiger partial charge in [-0.15, -0.1) is 0 Å². The van der Waals surface area contributed by atoms with Gasteiger partial charge in [0.05, 0.1) is 15.8 Å². The Labute approximate surface area is 146 Å². The highest BCUT2D eigenvalue weighted by atomic mass is 32.1. The van der Waals surface area contributed by atoms with Crippen LogP contribution in [0.15, 0.2) is 41.4 Å². The van der Waals surface area contributed by atoms with E-state index in [1.807, 2.05) is 26.0 Å². The van der Waals surface area contributed by atoms with E-state index in [1.165, 1.54) is 23.5 Å². The van der Waals surface area contributed by atoms with E-state index < -0.39 is 17.6 Å². The van der Waals surface area contributed by atoms with Crippen LogP contribution >= 0.6 is 11.3 Å². The average molecular weight is 364 g/mol. The second-order valence-electron chi connectivity index (χ2n) is 5.84. The van der Waals surface area contributed by atoms with Gasteiger partial charge in [-0.25, -0.2) is 0 Å². The highest BCUT2D eigenvalue weighted by molar-refractivity contribution is 7.16. The van der Waals surface area contributed by atoms with Crippen molar-refractivity contribution in [1.29, 1.82) is 0 Å². The number of halogens is 3. The molecule has 3 rings (SSSR count). The van der Waals surface area contributed by atoms with Gasteiger partial charge in [0.1, 0.15) is 0 Å². The second-order valence-corrected chi connectivity index (χ2v) is 6.85. The number of nitrogens with zero attached hydrogens (tertiary/aromatic N) is 2. The molecule has 3 nitrogen and oxygen atoms in total. The van der Waals surface area contributed by atoms with Crippen LogP contribution in [-0.2, 0) is 13.2 Å². The predicted octanol–water partition coefficient (Wildman–Crippen LogP) is 4.62. The molecule has 0 fully saturated rings. The predicted molar refractivity (Wildman–Crippen MR) is 91.6 cm³/mol. The Hall–Kier alpha value is -2.41. The summed E-state index contributed by atoms with van der Waals surface area (Å²) in [7, 11) is 1.78. The van der Waals surface area contributed by atoms with Crippen molar-refractivity contribution in [2.45, 2.75) is 20.0 Å². The summed E-state index contributed by atoms with van der Waals surface area (Å²) >= 11 is 1.33. The van der Waals surface area contributed by atoms with E-state index in [-0.39, 0.29) is 5.56 Å². The Morgan fingerprint density at radius 2 is 1.80 bits per heavy atom. The van der Waals surface area contributed by atoms with E-state index >= 15 is 0 Å². The number of amides is 1. The van der Waals surface area contributed by atoms with E-state index in [2.05, 4.69) is 4.99 Å². The van der Waals surface area contributed by atoms with Crippen LogP contribution in [0, 0.1) is 13.8 Å². The summed E-state index contributed by atoms with van der Waals surface area (Å²) in [6, 6.07) is 8.33. The van der Waals surface area contributed by atoms with E-state index in [9.17, 15) is 18.0 Å². The quantitative estimate of drug-likeness (QED) is 0.621. The molecule has 0 N–H and O–H groups in total. The van der Waals surface area contributed by atoms with Gasteiger partial charge in [0, 0.05) is 12.6 Å². The molecule has 0 aliphatic carbocycles. The van der Waals surface area contributed by atoms with Crippen molar-refractivity contribution in [2.75, 3.05) is 0 Å². The lowest BCUT2D eigenvalue weighted by molar-refractivity contribution is -0.137. The first-order valence-electron chi connectivity index (χ1n) is 7.50. The Bertz CT molecular complexity index is 1040. The Morgan fingerprint density at radius 1 is 1.12 bits per heavy atom. The molecule has 1 amide bonds. The minimum absolute atomic E-state index is 0.0837. The van der Waals surface area contributed by atoms with Crippen LogP contribution in [-0.4, -0.2) is 10.5 Å². The third-order valence-corrected chi connectivity index (χ3v) is 5.15. The fourth-order valence-corrected chi connectivity index (χ4v) is 3.56. The molecule has 1 aromatic heterocycles. The zero-order valence-electron chi connectivity index (χ0n) is 13.8. The molecule has 0 saturated heterocycles. The molecule has 0 bridgehead atoms. The van der Waals surface area contributed by atoms with Gasteiger partial charge in [0.2, 0.25) is 0 Å². The number of thiazole rings is 1. The van der Waals surface area contributed by atoms with Crippen LogP contribution in [0.2, 0.25) is 0 Å². The van der Waals surface area contributed by atoms with Crippen molar-refractivity contribution >= 4 is 27.5 Å². The lowest BCUT2D eigenvalue weighted by Crippen LogP contribution is -2.14. The van der Waals surface area contributed by atoms with Gasteiger partial charge in [0.15, 0.2) is 4.80 Å². The van der Waals surface area contributed by atoms with Crippen LogP contribution in [0.1, 0.15) is 27.0 Å². The molecule has 0 aliphatic heterocycles. The summed E-state index contributed by atoms with van der Waals surface area (Å²) in [6.07, 6.45) is -4.49. The summed E-state index contributed by atoms with van der Waals surface area (Å²) in [4.78, 5) is 16.8. The number of benzene rings is 2. The molecule has 0 atom stereocenters. The van der Waals surface area contributed by atoms with Crippen molar-refractivity contribution < 1.29 is 18.0 Å². The number of hydrogen-bond acceptors (Lipinski definition) is 2. The summed E-state index contributed by atoms with van der Waals surface area (Å²) in [5, 5.41) is 0. The van der Waals surface area contributed by atoms with Gasteiger partial charge in [-0.1, -0.05) is 17.4 Å². The number of rotatable bonds is 1. The lowest BCUT2D eigenvalue weighted by atomic mass is 10.1. The van der Waals surface area contributed by atoms with Crippen LogP contribution < -0.4 is 4.80 Å². The van der Waals surface area contributed by atoms with Crippen LogP contribution in [0.25, 0.3) is 10.2 Å². The number of aromatic nitrogens is 1. The summed E-state index contributed by atoms with van der Waals surface area (Å²) in [6.45, 7) is 4.00. The van der Waals surface area contributed by atoms with E-state index in [1.54, 1.807) is 11.6 Å². The monoisotopic (exact) mass is 364 g/mol. The minimum Gasteiger partial charge on any atom is -0.319 e. The maximum atomic E-state index is 12.8. The maximum absolute atomic E-state index is 12.8. The first-order valence-corrected chi connectivity index (χ1v) is 8.31. The van der Waals surface area contributed by atoms with Gasteiger partial charge in [-0.2, -0.15) is 18.2 Å². The second kappa shape index (κ2) is 6.15. The number of aryl methyl sites for hydroxylation is 3. The average Bonchev–Trinajstić information content (AvgIpc) is 2.83. The zero-order chi connectivity index (χ0) is 18.4. The molecule has 0 saturated carbocycles. The van der Waals surface area contributed by atoms with Gasteiger partial charge < -0.3 is 4.57 Å². The molecule has 1 heterocycles. The van der Waals surface area contributed by atoms with Crippen LogP contribution in [0.3, 0.4) is 0 Å². The first-order chi connectivity index (χ1) is 11.7. The minimum atomic E-state index is -4.49. The molecule has 130 valence electrons. The Kier molecular flexibility index (Phi) is 4.28. The van der Waals surface area contributed by atoms with Gasteiger partial charge in [-0.3, -0.25) is 4.79 Å². The normalized spacial score (nSPS) is 12.8. The van der Waals surface area contributed by atoms with Gasteiger partial charge in [-0.05, 0) is 55.3 Å². The van der Waals surface area contributed by atoms with Crippen molar-refractivity contribution in [3.8, 4) is 0 Å². The maximum Gasteiger partial charge on any atom is 0.416 e. The Balaban J connectivity index is 2.08. The topological polar surface area (TPSA) is 34.4 Å². The van der Waals surface area contributed by atoms with E-state index in [4.69, 9.17) is 0 Å². The number of carbonyl (C=O) groups is 1. The smallest absolute Gasteiger partial charge is 0.319 e. The fourth-order valence-electron chi connectivity index (χ4n) is 2.47. The van der Waals surface area contributed by atoms with Gasteiger partial charge >= 0.3 is 6.18 Å². The summed E-state index contributed by atoms with van der Waals surface area (Å²) < 4.78 is 41.1. The zero-order valence-corrected chi connectivity index (χ0v) is 14.6. The SMILES string of the molecule is Cc1cc2sc(=NC(=O)c3cccc(C(F)(F)F)c3)n(C)c2cc1C. The molecule has 7 heteroatoms. The summed E-state index contributed by atoms with van der Waals surface area (Å²) in [5.41, 5.74) is 2.24. The van der Waals surface area contributed by atoms with Crippen molar-refractivity contribution in [3.05, 3.63) is 63.5 Å². The molecule has 2 aromatic carbocycles. The highest BCUT2D eigenvalue weighted by Gasteiger charge is 2.30. The van der Waals surface area contributed by atoms with Gasteiger partial charge in [0.25, 0.3) is 5.91 Å². The third kappa shape index (κ3) is 3.37. The van der Waals surface area contributed by atoms with Crippen molar-refractivity contribution in [1.82, 2.24) is 4.57 Å².